The Hall–Kier alpha value is -1.94. The predicted octanol–water partition coefficient (Wildman–Crippen LogP) is 4.66. The number of nitrogens with one attached hydrogen (secondary N) is 1. The van der Waals surface area contributed by atoms with Crippen LogP contribution in [0.4, 0.5) is 5.82 Å². The Morgan fingerprint density at radius 1 is 1.13 bits per heavy atom. The minimum Gasteiger partial charge on any atom is -0.307 e. The van der Waals surface area contributed by atoms with E-state index in [-0.39, 0.29) is 5.91 Å². The van der Waals surface area contributed by atoms with Gasteiger partial charge in [-0.2, -0.15) is 0 Å². The molecule has 1 aromatic carbocycles. The lowest BCUT2D eigenvalue weighted by Gasteiger charge is -2.14. The average Bonchev–Trinajstić information content (AvgIpc) is 2.96. The highest BCUT2D eigenvalue weighted by Crippen LogP contribution is 2.32. The molecule has 0 atom stereocenters. The van der Waals surface area contributed by atoms with Gasteiger partial charge in [-0.25, -0.2) is 4.98 Å². The van der Waals surface area contributed by atoms with Crippen molar-refractivity contribution in [1.82, 2.24) is 4.98 Å². The molecule has 1 aliphatic carbocycles. The third-order valence-electron chi connectivity index (χ3n) is 4.68. The number of carbonyl (C=O) groups excluding carboxylic acids is 1. The number of fused-ring (bicyclic) bond motifs is 1. The second-order valence-corrected chi connectivity index (χ2v) is 6.88. The quantitative estimate of drug-likeness (QED) is 0.835. The normalized spacial score (nSPS) is 12.8. The van der Waals surface area contributed by atoms with Crippen LogP contribution in [0.25, 0.3) is 6.08 Å². The number of pyridine rings is 1. The highest BCUT2D eigenvalue weighted by atomic mass is 79.9. The van der Waals surface area contributed by atoms with E-state index in [2.05, 4.69) is 40.1 Å². The number of rotatable bonds is 2. The fourth-order valence-corrected chi connectivity index (χ4v) is 3.37. The first-order valence-electron chi connectivity index (χ1n) is 7.62. The largest absolute Gasteiger partial charge is 0.307 e. The van der Waals surface area contributed by atoms with E-state index in [1.54, 1.807) is 0 Å². The van der Waals surface area contributed by atoms with Crippen LogP contribution in [0.2, 0.25) is 0 Å². The van der Waals surface area contributed by atoms with Crippen molar-refractivity contribution < 1.29 is 4.79 Å². The summed E-state index contributed by atoms with van der Waals surface area (Å²) in [4.78, 5) is 17.2. The van der Waals surface area contributed by atoms with Crippen molar-refractivity contribution in [3.8, 4) is 0 Å². The van der Waals surface area contributed by atoms with Gasteiger partial charge in [0.2, 0.25) is 0 Å². The Kier molecular flexibility index (Phi) is 4.11. The van der Waals surface area contributed by atoms with E-state index in [1.807, 2.05) is 38.1 Å². The molecule has 0 radical (unpaired) electrons. The van der Waals surface area contributed by atoms with Gasteiger partial charge in [0, 0.05) is 22.2 Å². The van der Waals surface area contributed by atoms with Gasteiger partial charge in [-0.3, -0.25) is 4.79 Å². The van der Waals surface area contributed by atoms with E-state index in [0.29, 0.717) is 12.2 Å². The third-order valence-corrected chi connectivity index (χ3v) is 5.42. The van der Waals surface area contributed by atoms with Crippen LogP contribution in [0.3, 0.4) is 0 Å². The minimum atomic E-state index is -0.0775. The van der Waals surface area contributed by atoms with E-state index < -0.39 is 0 Å². The van der Waals surface area contributed by atoms with Crippen LogP contribution in [-0.4, -0.2) is 10.9 Å². The number of anilines is 1. The number of hydrogen-bond acceptors (Lipinski definition) is 2. The maximum Gasteiger partial charge on any atom is 0.253 e. The van der Waals surface area contributed by atoms with Crippen LogP contribution >= 0.6 is 15.9 Å². The fourth-order valence-electron chi connectivity index (χ4n) is 2.85. The Balaban J connectivity index is 1.86. The summed E-state index contributed by atoms with van der Waals surface area (Å²) in [5.41, 5.74) is 7.37. The van der Waals surface area contributed by atoms with Crippen LogP contribution in [0.1, 0.15) is 33.5 Å². The number of benzene rings is 1. The molecule has 0 aliphatic heterocycles. The SMILES string of the molecule is Cc1nc(NC(=O)C2=Cc3cccc(Br)c3C2)c(C)c(C)c1C. The molecule has 0 saturated heterocycles. The zero-order valence-corrected chi connectivity index (χ0v) is 15.3. The third kappa shape index (κ3) is 2.83. The van der Waals surface area contributed by atoms with Gasteiger partial charge in [0.1, 0.15) is 5.82 Å². The van der Waals surface area contributed by atoms with Crippen LogP contribution in [0, 0.1) is 27.7 Å². The number of hydrogen-bond donors (Lipinski definition) is 1. The number of nitrogens with zero attached hydrogens (tertiary/aromatic N) is 1. The molecule has 0 unspecified atom stereocenters. The molecule has 23 heavy (non-hydrogen) atoms. The average molecular weight is 371 g/mol. The first-order chi connectivity index (χ1) is 10.9. The Morgan fingerprint density at radius 2 is 1.87 bits per heavy atom. The number of aryl methyl sites for hydroxylation is 1. The summed E-state index contributed by atoms with van der Waals surface area (Å²) in [5, 5.41) is 2.98. The van der Waals surface area contributed by atoms with E-state index in [1.165, 1.54) is 16.7 Å². The lowest BCUT2D eigenvalue weighted by molar-refractivity contribution is -0.112. The zero-order valence-electron chi connectivity index (χ0n) is 13.7. The molecule has 1 heterocycles. The summed E-state index contributed by atoms with van der Waals surface area (Å²) >= 11 is 3.55. The molecule has 0 fully saturated rings. The first-order valence-corrected chi connectivity index (χ1v) is 8.41. The van der Waals surface area contributed by atoms with Crippen LogP contribution in [0.5, 0.6) is 0 Å². The summed E-state index contributed by atoms with van der Waals surface area (Å²) in [6.45, 7) is 8.10. The molecule has 1 amide bonds. The van der Waals surface area contributed by atoms with Crippen LogP contribution in [-0.2, 0) is 11.2 Å². The fraction of sp³-hybridized carbons (Fsp3) is 0.263. The summed E-state index contributed by atoms with van der Waals surface area (Å²) in [7, 11) is 0. The van der Waals surface area contributed by atoms with Gasteiger partial charge < -0.3 is 5.32 Å². The molecular weight excluding hydrogens is 352 g/mol. The minimum absolute atomic E-state index is 0.0775. The smallest absolute Gasteiger partial charge is 0.253 e. The van der Waals surface area contributed by atoms with E-state index in [0.717, 1.165) is 26.9 Å². The lowest BCUT2D eigenvalue weighted by atomic mass is 10.0. The molecule has 118 valence electrons. The number of aromatic nitrogens is 1. The molecule has 3 rings (SSSR count). The van der Waals surface area contributed by atoms with E-state index >= 15 is 0 Å². The van der Waals surface area contributed by atoms with Crippen molar-refractivity contribution in [2.75, 3.05) is 5.32 Å². The second kappa shape index (κ2) is 5.93. The monoisotopic (exact) mass is 370 g/mol. The highest BCUT2D eigenvalue weighted by molar-refractivity contribution is 9.10. The highest BCUT2D eigenvalue weighted by Gasteiger charge is 2.21. The molecule has 1 aliphatic rings. The molecule has 0 spiro atoms. The summed E-state index contributed by atoms with van der Waals surface area (Å²) in [6, 6.07) is 6.02. The van der Waals surface area contributed by atoms with Gasteiger partial charge >= 0.3 is 0 Å². The standard InChI is InChI=1S/C19H19BrN2O/c1-10-11(2)13(4)21-18(12(10)3)22-19(23)15-8-14-6-5-7-17(20)16(14)9-15/h5-8H,9H2,1-4H3,(H,21,22,23). The van der Waals surface area contributed by atoms with Gasteiger partial charge in [0.05, 0.1) is 0 Å². The van der Waals surface area contributed by atoms with E-state index in [4.69, 9.17) is 0 Å². The molecule has 1 N–H and O–H groups in total. The first kappa shape index (κ1) is 15.9. The van der Waals surface area contributed by atoms with Gasteiger partial charge in [0.25, 0.3) is 5.91 Å². The predicted molar refractivity (Wildman–Crippen MR) is 97.6 cm³/mol. The zero-order chi connectivity index (χ0) is 16.7. The molecule has 1 aromatic heterocycles. The number of amides is 1. The van der Waals surface area contributed by atoms with Crippen molar-refractivity contribution in [1.29, 1.82) is 0 Å². The van der Waals surface area contributed by atoms with Crippen molar-refractivity contribution >= 4 is 33.7 Å². The molecule has 0 bridgehead atoms. The molecule has 4 heteroatoms. The summed E-state index contributed by atoms with van der Waals surface area (Å²) in [6.07, 6.45) is 2.60. The van der Waals surface area contributed by atoms with Crippen LogP contribution in [0.15, 0.2) is 28.2 Å². The van der Waals surface area contributed by atoms with Crippen LogP contribution < -0.4 is 5.32 Å². The summed E-state index contributed by atoms with van der Waals surface area (Å²) < 4.78 is 1.05. The Labute approximate surface area is 145 Å². The maximum atomic E-state index is 12.6. The van der Waals surface area contributed by atoms with Crippen molar-refractivity contribution in [2.45, 2.75) is 34.1 Å². The van der Waals surface area contributed by atoms with Crippen molar-refractivity contribution in [2.24, 2.45) is 0 Å². The molecule has 3 nitrogen and oxygen atoms in total. The maximum absolute atomic E-state index is 12.6. The van der Waals surface area contributed by atoms with Crippen molar-refractivity contribution in [3.63, 3.8) is 0 Å². The lowest BCUT2D eigenvalue weighted by Crippen LogP contribution is -2.17. The topological polar surface area (TPSA) is 42.0 Å². The molecule has 0 saturated carbocycles. The van der Waals surface area contributed by atoms with Gasteiger partial charge in [-0.1, -0.05) is 28.1 Å². The van der Waals surface area contributed by atoms with Crippen molar-refractivity contribution in [3.05, 3.63) is 61.8 Å². The Morgan fingerprint density at radius 3 is 2.57 bits per heavy atom. The van der Waals surface area contributed by atoms with Gasteiger partial charge in [-0.05, 0) is 67.7 Å². The molecule has 2 aromatic rings. The Bertz CT molecular complexity index is 853. The number of carbonyl (C=O) groups is 1. The van der Waals surface area contributed by atoms with E-state index in [9.17, 15) is 4.79 Å². The van der Waals surface area contributed by atoms with Gasteiger partial charge in [0.15, 0.2) is 0 Å². The molecular formula is C19H19BrN2O. The summed E-state index contributed by atoms with van der Waals surface area (Å²) in [5.74, 6) is 0.581. The number of halogens is 1. The van der Waals surface area contributed by atoms with Gasteiger partial charge in [-0.15, -0.1) is 0 Å². The second-order valence-electron chi connectivity index (χ2n) is 6.03.